The van der Waals surface area contributed by atoms with Gasteiger partial charge in [-0.2, -0.15) is 0 Å². The molecule has 0 saturated carbocycles. The van der Waals surface area contributed by atoms with E-state index in [2.05, 4.69) is 10.5 Å². The van der Waals surface area contributed by atoms with Crippen molar-refractivity contribution in [1.29, 1.82) is 0 Å². The molecule has 0 saturated heterocycles. The fraction of sp³-hybridized carbons (Fsp3) is 0.0833. The molecule has 144 valence electrons. The van der Waals surface area contributed by atoms with Gasteiger partial charge in [0.15, 0.2) is 0 Å². The number of hydrogen-bond donors (Lipinski definition) is 2. The van der Waals surface area contributed by atoms with E-state index < -0.39 is 0 Å². The number of nitrogens with one attached hydrogen (secondary N) is 1. The highest BCUT2D eigenvalue weighted by atomic mass is 16.5. The van der Waals surface area contributed by atoms with Crippen LogP contribution >= 0.6 is 0 Å². The van der Waals surface area contributed by atoms with Gasteiger partial charge in [0, 0.05) is 16.6 Å². The molecule has 3 aromatic carbocycles. The molecular weight excluding hydrogens is 362 g/mol. The fourth-order valence-electron chi connectivity index (χ4n) is 3.20. The minimum Gasteiger partial charge on any atom is -0.497 e. The Morgan fingerprint density at radius 2 is 1.72 bits per heavy atom. The molecule has 0 aliphatic carbocycles. The molecule has 0 fully saturated rings. The highest BCUT2D eigenvalue weighted by Gasteiger charge is 2.10. The van der Waals surface area contributed by atoms with Gasteiger partial charge in [-0.15, -0.1) is 0 Å². The van der Waals surface area contributed by atoms with E-state index in [-0.39, 0.29) is 0 Å². The summed E-state index contributed by atoms with van der Waals surface area (Å²) in [6, 6.07) is 25.8. The van der Waals surface area contributed by atoms with Crippen LogP contribution in [0.3, 0.4) is 0 Å². The van der Waals surface area contributed by atoms with E-state index in [0.29, 0.717) is 5.71 Å². The molecule has 1 heterocycles. The first-order valence-electron chi connectivity index (χ1n) is 9.28. The third-order valence-corrected chi connectivity index (χ3v) is 4.82. The Morgan fingerprint density at radius 3 is 2.41 bits per heavy atom. The van der Waals surface area contributed by atoms with Gasteiger partial charge in [0.2, 0.25) is 0 Å². The van der Waals surface area contributed by atoms with Crippen LogP contribution in [0.15, 0.2) is 84.0 Å². The Balaban J connectivity index is 1.80. The molecule has 0 aliphatic rings. The third-order valence-electron chi connectivity index (χ3n) is 4.82. The first kappa shape index (κ1) is 18.5. The number of pyridine rings is 1. The lowest BCUT2D eigenvalue weighted by atomic mass is 10.1. The van der Waals surface area contributed by atoms with E-state index in [1.54, 1.807) is 14.0 Å². The van der Waals surface area contributed by atoms with Crippen LogP contribution in [0.4, 0.5) is 11.4 Å². The van der Waals surface area contributed by atoms with Gasteiger partial charge in [0.05, 0.1) is 29.7 Å². The van der Waals surface area contributed by atoms with Crippen molar-refractivity contribution in [1.82, 2.24) is 4.98 Å². The average Bonchev–Trinajstić information content (AvgIpc) is 2.79. The molecule has 4 rings (SSSR count). The molecule has 1 aromatic heterocycles. The monoisotopic (exact) mass is 383 g/mol. The number of ether oxygens (including phenoxy) is 1. The van der Waals surface area contributed by atoms with Crippen LogP contribution in [-0.4, -0.2) is 23.0 Å². The van der Waals surface area contributed by atoms with Crippen molar-refractivity contribution in [2.75, 3.05) is 12.4 Å². The van der Waals surface area contributed by atoms with Crippen molar-refractivity contribution in [3.8, 4) is 17.0 Å². The summed E-state index contributed by atoms with van der Waals surface area (Å²) in [5, 5.41) is 16.7. The Hall–Kier alpha value is -3.86. The quantitative estimate of drug-likeness (QED) is 0.258. The predicted octanol–water partition coefficient (Wildman–Crippen LogP) is 5.85. The maximum atomic E-state index is 8.95. The predicted molar refractivity (Wildman–Crippen MR) is 117 cm³/mol. The van der Waals surface area contributed by atoms with Crippen molar-refractivity contribution < 1.29 is 9.94 Å². The topological polar surface area (TPSA) is 66.7 Å². The largest absolute Gasteiger partial charge is 0.497 e. The molecule has 0 spiro atoms. The molecule has 0 atom stereocenters. The van der Waals surface area contributed by atoms with Crippen LogP contribution in [0.25, 0.3) is 22.2 Å². The normalized spacial score (nSPS) is 11.4. The standard InChI is InChI=1S/C24H21N3O2/c1-16(27-28)17-8-10-19(11-9-17)25-24-15-23(18-6-4-3-5-7-18)26-22-13-12-20(29-2)14-21(22)24/h3-15,28H,1-2H3,(H,25,26)/b27-16+. The van der Waals surface area contributed by atoms with E-state index in [9.17, 15) is 0 Å². The second-order valence-electron chi connectivity index (χ2n) is 6.69. The number of oxime groups is 1. The number of anilines is 2. The van der Waals surface area contributed by atoms with Crippen molar-refractivity contribution >= 4 is 28.0 Å². The Labute approximate surface area is 169 Å². The zero-order valence-corrected chi connectivity index (χ0v) is 16.3. The molecule has 5 heteroatoms. The maximum absolute atomic E-state index is 8.95. The highest BCUT2D eigenvalue weighted by Crippen LogP contribution is 2.32. The zero-order chi connectivity index (χ0) is 20.2. The fourth-order valence-corrected chi connectivity index (χ4v) is 3.20. The second kappa shape index (κ2) is 8.02. The van der Waals surface area contributed by atoms with E-state index >= 15 is 0 Å². The second-order valence-corrected chi connectivity index (χ2v) is 6.69. The van der Waals surface area contributed by atoms with E-state index in [0.717, 1.165) is 44.8 Å². The SMILES string of the molecule is COc1ccc2nc(-c3ccccc3)cc(Nc3ccc(/C(C)=N/O)cc3)c2c1. The van der Waals surface area contributed by atoms with Gasteiger partial charge in [0.25, 0.3) is 0 Å². The molecule has 4 aromatic rings. The van der Waals surface area contributed by atoms with E-state index in [4.69, 9.17) is 14.9 Å². The lowest BCUT2D eigenvalue weighted by Gasteiger charge is -2.14. The summed E-state index contributed by atoms with van der Waals surface area (Å²) in [5.41, 5.74) is 6.13. The molecule has 0 unspecified atom stereocenters. The molecule has 0 aliphatic heterocycles. The minimum atomic E-state index is 0.571. The molecule has 0 radical (unpaired) electrons. The summed E-state index contributed by atoms with van der Waals surface area (Å²) in [7, 11) is 1.66. The van der Waals surface area contributed by atoms with Gasteiger partial charge in [-0.1, -0.05) is 47.6 Å². The molecule has 0 bridgehead atoms. The average molecular weight is 383 g/mol. The Kier molecular flexibility index (Phi) is 5.12. The summed E-state index contributed by atoms with van der Waals surface area (Å²) < 4.78 is 5.40. The van der Waals surface area contributed by atoms with Crippen LogP contribution in [0.5, 0.6) is 5.75 Å². The summed E-state index contributed by atoms with van der Waals surface area (Å²) in [4.78, 5) is 4.83. The zero-order valence-electron chi connectivity index (χ0n) is 16.3. The number of benzene rings is 3. The number of rotatable bonds is 5. The van der Waals surface area contributed by atoms with Crippen LogP contribution in [0.1, 0.15) is 12.5 Å². The van der Waals surface area contributed by atoms with Crippen LogP contribution in [-0.2, 0) is 0 Å². The maximum Gasteiger partial charge on any atom is 0.119 e. The van der Waals surface area contributed by atoms with E-state index in [1.165, 1.54) is 0 Å². The lowest BCUT2D eigenvalue weighted by Crippen LogP contribution is -1.97. The van der Waals surface area contributed by atoms with Crippen LogP contribution in [0.2, 0.25) is 0 Å². The number of hydrogen-bond acceptors (Lipinski definition) is 5. The number of fused-ring (bicyclic) bond motifs is 1. The summed E-state index contributed by atoms with van der Waals surface area (Å²) in [6.07, 6.45) is 0. The molecule has 0 amide bonds. The van der Waals surface area contributed by atoms with Gasteiger partial charge in [-0.25, -0.2) is 4.98 Å². The van der Waals surface area contributed by atoms with Gasteiger partial charge < -0.3 is 15.3 Å². The highest BCUT2D eigenvalue weighted by molar-refractivity contribution is 5.99. The Bertz CT molecular complexity index is 1170. The summed E-state index contributed by atoms with van der Waals surface area (Å²) in [5.74, 6) is 0.778. The van der Waals surface area contributed by atoms with Crippen molar-refractivity contribution in [3.63, 3.8) is 0 Å². The molecule has 5 nitrogen and oxygen atoms in total. The molecule has 2 N–H and O–H groups in total. The van der Waals surface area contributed by atoms with Crippen molar-refractivity contribution in [2.45, 2.75) is 6.92 Å². The molecule has 29 heavy (non-hydrogen) atoms. The van der Waals surface area contributed by atoms with Crippen LogP contribution in [0, 0.1) is 0 Å². The van der Waals surface area contributed by atoms with Gasteiger partial charge in [-0.3, -0.25) is 0 Å². The van der Waals surface area contributed by atoms with E-state index in [1.807, 2.05) is 78.9 Å². The smallest absolute Gasteiger partial charge is 0.119 e. The summed E-state index contributed by atoms with van der Waals surface area (Å²) in [6.45, 7) is 1.76. The summed E-state index contributed by atoms with van der Waals surface area (Å²) >= 11 is 0. The lowest BCUT2D eigenvalue weighted by molar-refractivity contribution is 0.319. The van der Waals surface area contributed by atoms with Gasteiger partial charge >= 0.3 is 0 Å². The van der Waals surface area contributed by atoms with Crippen molar-refractivity contribution in [2.24, 2.45) is 5.16 Å². The van der Waals surface area contributed by atoms with Gasteiger partial charge in [0.1, 0.15) is 5.75 Å². The first-order chi connectivity index (χ1) is 14.2. The number of methoxy groups -OCH3 is 1. The minimum absolute atomic E-state index is 0.571. The number of nitrogens with zero attached hydrogens (tertiary/aromatic N) is 2. The number of aromatic nitrogens is 1. The third kappa shape index (κ3) is 3.89. The first-order valence-corrected chi connectivity index (χ1v) is 9.28. The molecular formula is C24H21N3O2. The van der Waals surface area contributed by atoms with Gasteiger partial charge in [-0.05, 0) is 48.9 Å². The Morgan fingerprint density at radius 1 is 0.966 bits per heavy atom. The van der Waals surface area contributed by atoms with Crippen molar-refractivity contribution in [3.05, 3.63) is 84.4 Å². The van der Waals surface area contributed by atoms with Crippen LogP contribution < -0.4 is 10.1 Å².